The molecule has 0 bridgehead atoms. The Balaban J connectivity index is 1.50. The van der Waals surface area contributed by atoms with Gasteiger partial charge >= 0.3 is 0 Å². The zero-order chi connectivity index (χ0) is 20.6. The molecule has 156 valence electrons. The van der Waals surface area contributed by atoms with Gasteiger partial charge in [-0.05, 0) is 103 Å². The van der Waals surface area contributed by atoms with Crippen molar-refractivity contribution in [1.29, 1.82) is 0 Å². The Morgan fingerprint density at radius 1 is 1.17 bits per heavy atom. The van der Waals surface area contributed by atoms with Gasteiger partial charge in [-0.25, -0.2) is 0 Å². The second-order valence-electron chi connectivity index (χ2n) is 9.50. The lowest BCUT2D eigenvalue weighted by Gasteiger charge is -2.31. The summed E-state index contributed by atoms with van der Waals surface area (Å²) in [6.07, 6.45) is 6.44. The highest BCUT2D eigenvalue weighted by Crippen LogP contribution is 2.42. The minimum Gasteiger partial charge on any atom is -0.497 e. The lowest BCUT2D eigenvalue weighted by atomic mass is 9.74. The zero-order valence-corrected chi connectivity index (χ0v) is 18.1. The summed E-state index contributed by atoms with van der Waals surface area (Å²) in [7, 11) is 1.74. The minimum absolute atomic E-state index is 0.0949. The van der Waals surface area contributed by atoms with Crippen LogP contribution >= 0.6 is 0 Å². The van der Waals surface area contributed by atoms with Gasteiger partial charge in [-0.15, -0.1) is 0 Å². The van der Waals surface area contributed by atoms with Gasteiger partial charge in [0, 0.05) is 5.54 Å². The predicted molar refractivity (Wildman–Crippen MR) is 119 cm³/mol. The number of methoxy groups -OCH3 is 1. The number of nitrogens with two attached hydrogens (primary N) is 1. The van der Waals surface area contributed by atoms with Crippen molar-refractivity contribution in [3.63, 3.8) is 0 Å². The normalized spacial score (nSPS) is 27.5. The number of aliphatic hydroxyl groups excluding tert-OH is 1. The Kier molecular flexibility index (Phi) is 5.72. The first-order chi connectivity index (χ1) is 13.9. The van der Waals surface area contributed by atoms with Crippen molar-refractivity contribution in [3.8, 4) is 5.75 Å². The van der Waals surface area contributed by atoms with E-state index in [9.17, 15) is 5.11 Å². The third kappa shape index (κ3) is 4.08. The summed E-state index contributed by atoms with van der Waals surface area (Å²) >= 11 is 0. The fourth-order valence-corrected chi connectivity index (χ4v) is 5.56. The van der Waals surface area contributed by atoms with Gasteiger partial charge in [0.25, 0.3) is 0 Å². The van der Waals surface area contributed by atoms with Gasteiger partial charge in [0.05, 0.1) is 13.7 Å². The van der Waals surface area contributed by atoms with E-state index in [4.69, 9.17) is 10.5 Å². The van der Waals surface area contributed by atoms with Crippen LogP contribution < -0.4 is 10.5 Å². The van der Waals surface area contributed by atoms with E-state index in [-0.39, 0.29) is 12.1 Å². The molecule has 3 heteroatoms. The SMILES string of the molecule is COc1ccc(C)c(C(C)C2CCc3cc([C@H]4CC[C@](N)(CO)C4)ccc3C2)c1. The van der Waals surface area contributed by atoms with Crippen LogP contribution in [0.3, 0.4) is 0 Å². The molecule has 2 unspecified atom stereocenters. The van der Waals surface area contributed by atoms with Gasteiger partial charge in [-0.3, -0.25) is 0 Å². The summed E-state index contributed by atoms with van der Waals surface area (Å²) in [5.41, 5.74) is 13.1. The topological polar surface area (TPSA) is 55.5 Å². The third-order valence-electron chi connectivity index (χ3n) is 7.61. The van der Waals surface area contributed by atoms with E-state index >= 15 is 0 Å². The van der Waals surface area contributed by atoms with E-state index in [1.54, 1.807) is 7.11 Å². The van der Waals surface area contributed by atoms with E-state index in [1.807, 2.05) is 0 Å². The lowest BCUT2D eigenvalue weighted by Crippen LogP contribution is -2.40. The van der Waals surface area contributed by atoms with Gasteiger partial charge in [0.2, 0.25) is 0 Å². The van der Waals surface area contributed by atoms with E-state index < -0.39 is 0 Å². The van der Waals surface area contributed by atoms with Gasteiger partial charge in [0.1, 0.15) is 5.75 Å². The number of hydrogen-bond acceptors (Lipinski definition) is 3. The molecule has 3 nitrogen and oxygen atoms in total. The van der Waals surface area contributed by atoms with Crippen molar-refractivity contribution >= 4 is 0 Å². The number of aryl methyl sites for hydroxylation is 2. The molecule has 4 atom stereocenters. The highest BCUT2D eigenvalue weighted by molar-refractivity contribution is 5.40. The molecule has 4 rings (SSSR count). The van der Waals surface area contributed by atoms with Gasteiger partial charge in [0.15, 0.2) is 0 Å². The average Bonchev–Trinajstić information content (AvgIpc) is 3.15. The zero-order valence-electron chi connectivity index (χ0n) is 18.1. The number of benzene rings is 2. The summed E-state index contributed by atoms with van der Waals surface area (Å²) in [6, 6.07) is 13.6. The summed E-state index contributed by atoms with van der Waals surface area (Å²) in [5.74, 6) is 2.63. The molecule has 2 aliphatic carbocycles. The second-order valence-corrected chi connectivity index (χ2v) is 9.50. The van der Waals surface area contributed by atoms with E-state index in [0.29, 0.717) is 17.8 Å². The molecule has 2 aliphatic rings. The van der Waals surface area contributed by atoms with Crippen LogP contribution in [0.15, 0.2) is 36.4 Å². The molecule has 0 amide bonds. The Labute approximate surface area is 175 Å². The molecule has 3 N–H and O–H groups in total. The summed E-state index contributed by atoms with van der Waals surface area (Å²) in [6.45, 7) is 4.68. The Morgan fingerprint density at radius 3 is 2.72 bits per heavy atom. The highest BCUT2D eigenvalue weighted by atomic mass is 16.5. The van der Waals surface area contributed by atoms with Crippen LogP contribution in [0, 0.1) is 12.8 Å². The van der Waals surface area contributed by atoms with E-state index in [0.717, 1.165) is 37.9 Å². The Morgan fingerprint density at radius 2 is 2.00 bits per heavy atom. The molecule has 0 aliphatic heterocycles. The number of hydrogen-bond donors (Lipinski definition) is 2. The minimum atomic E-state index is -0.379. The van der Waals surface area contributed by atoms with Crippen molar-refractivity contribution in [2.75, 3.05) is 13.7 Å². The highest BCUT2D eigenvalue weighted by Gasteiger charge is 2.36. The molecule has 2 aromatic rings. The van der Waals surface area contributed by atoms with E-state index in [2.05, 4.69) is 50.2 Å². The quantitative estimate of drug-likeness (QED) is 0.762. The number of aliphatic hydroxyl groups is 1. The maximum Gasteiger partial charge on any atom is 0.119 e. The first-order valence-electron chi connectivity index (χ1n) is 11.1. The number of ether oxygens (including phenoxy) is 1. The van der Waals surface area contributed by atoms with Crippen LogP contribution in [-0.2, 0) is 12.8 Å². The lowest BCUT2D eigenvalue weighted by molar-refractivity contribution is 0.198. The second kappa shape index (κ2) is 8.12. The average molecular weight is 394 g/mol. The molecular formula is C26H35NO2. The van der Waals surface area contributed by atoms with Crippen molar-refractivity contribution < 1.29 is 9.84 Å². The monoisotopic (exact) mass is 393 g/mol. The fraction of sp³-hybridized carbons (Fsp3) is 0.538. The molecule has 0 spiro atoms. The molecule has 0 saturated heterocycles. The molecular weight excluding hydrogens is 358 g/mol. The smallest absolute Gasteiger partial charge is 0.119 e. The molecule has 1 saturated carbocycles. The standard InChI is InChI=1S/C26H35NO2/c1-17-4-9-24(29-3)14-25(17)18(2)19-5-6-21-13-22(8-7-20(21)12-19)23-10-11-26(27,15-23)16-28/h4,7-9,13-14,18-19,23,28H,5-6,10-12,15-16,27H2,1-3H3/t18?,19?,23-,26+/m0/s1. The molecule has 0 radical (unpaired) electrons. The Hall–Kier alpha value is -1.84. The van der Waals surface area contributed by atoms with Crippen molar-refractivity contribution in [3.05, 3.63) is 64.2 Å². The molecule has 0 heterocycles. The summed E-state index contributed by atoms with van der Waals surface area (Å²) < 4.78 is 5.46. The maximum atomic E-state index is 9.58. The van der Waals surface area contributed by atoms with Crippen LogP contribution in [0.25, 0.3) is 0 Å². The van der Waals surface area contributed by atoms with Crippen LogP contribution in [0.5, 0.6) is 5.75 Å². The molecule has 1 fully saturated rings. The predicted octanol–water partition coefficient (Wildman–Crippen LogP) is 4.87. The van der Waals surface area contributed by atoms with Gasteiger partial charge in [-0.2, -0.15) is 0 Å². The van der Waals surface area contributed by atoms with Crippen LogP contribution in [0.1, 0.15) is 72.3 Å². The molecule has 0 aromatic heterocycles. The first-order valence-corrected chi connectivity index (χ1v) is 11.1. The number of fused-ring (bicyclic) bond motifs is 1. The van der Waals surface area contributed by atoms with E-state index in [1.165, 1.54) is 34.2 Å². The maximum absolute atomic E-state index is 9.58. The van der Waals surface area contributed by atoms with Crippen LogP contribution in [0.4, 0.5) is 0 Å². The van der Waals surface area contributed by atoms with Crippen molar-refractivity contribution in [1.82, 2.24) is 0 Å². The summed E-state index contributed by atoms with van der Waals surface area (Å²) in [4.78, 5) is 0. The molecule has 2 aromatic carbocycles. The third-order valence-corrected chi connectivity index (χ3v) is 7.61. The summed E-state index contributed by atoms with van der Waals surface area (Å²) in [5, 5.41) is 9.58. The largest absolute Gasteiger partial charge is 0.497 e. The van der Waals surface area contributed by atoms with Crippen LogP contribution in [0.2, 0.25) is 0 Å². The van der Waals surface area contributed by atoms with Gasteiger partial charge < -0.3 is 15.6 Å². The molecule has 29 heavy (non-hydrogen) atoms. The fourth-order valence-electron chi connectivity index (χ4n) is 5.56. The van der Waals surface area contributed by atoms with Crippen molar-refractivity contribution in [2.24, 2.45) is 11.7 Å². The van der Waals surface area contributed by atoms with Gasteiger partial charge in [-0.1, -0.05) is 31.2 Å². The number of rotatable bonds is 5. The Bertz CT molecular complexity index is 877. The van der Waals surface area contributed by atoms with Crippen molar-refractivity contribution in [2.45, 2.75) is 69.7 Å². The van der Waals surface area contributed by atoms with Crippen LogP contribution in [-0.4, -0.2) is 24.4 Å². The first kappa shape index (κ1) is 20.4.